The van der Waals surface area contributed by atoms with Crippen molar-refractivity contribution in [3.8, 4) is 0 Å². The number of aliphatic carboxylic acids is 1. The Bertz CT molecular complexity index is 227. The van der Waals surface area contributed by atoms with Gasteiger partial charge in [0.05, 0.1) is 25.7 Å². The molecule has 0 spiro atoms. The maximum absolute atomic E-state index is 10.6. The van der Waals surface area contributed by atoms with Gasteiger partial charge in [-0.05, 0) is 6.42 Å². The zero-order valence-corrected chi connectivity index (χ0v) is 8.72. The summed E-state index contributed by atoms with van der Waals surface area (Å²) < 4.78 is 10.7. The molecule has 0 bridgehead atoms. The first-order valence-corrected chi connectivity index (χ1v) is 5.41. The van der Waals surface area contributed by atoms with Gasteiger partial charge in [-0.25, -0.2) is 0 Å². The van der Waals surface area contributed by atoms with Crippen LogP contribution in [0.25, 0.3) is 0 Å². The molecule has 2 fully saturated rings. The Hall–Kier alpha value is -0.650. The van der Waals surface area contributed by atoms with Crippen molar-refractivity contribution in [2.45, 2.75) is 25.0 Å². The molecule has 5 nitrogen and oxygen atoms in total. The minimum absolute atomic E-state index is 0.101. The van der Waals surface area contributed by atoms with Gasteiger partial charge in [0.1, 0.15) is 0 Å². The molecule has 2 atom stereocenters. The quantitative estimate of drug-likeness (QED) is 0.715. The first kappa shape index (κ1) is 10.9. The SMILES string of the molecule is O=C(O)CC1CN(C2CCOC2)CCO1. The number of carbonyl (C=O) groups is 1. The zero-order chi connectivity index (χ0) is 10.7. The molecule has 86 valence electrons. The van der Waals surface area contributed by atoms with E-state index >= 15 is 0 Å². The van der Waals surface area contributed by atoms with Crippen molar-refractivity contribution in [3.05, 3.63) is 0 Å². The third-order valence-electron chi connectivity index (χ3n) is 2.99. The summed E-state index contributed by atoms with van der Waals surface area (Å²) in [6.07, 6.45) is 1.00. The van der Waals surface area contributed by atoms with Gasteiger partial charge >= 0.3 is 5.97 Å². The van der Waals surface area contributed by atoms with Crippen molar-refractivity contribution in [2.75, 3.05) is 32.9 Å². The minimum atomic E-state index is -0.787. The number of ether oxygens (including phenoxy) is 2. The number of hydrogen-bond acceptors (Lipinski definition) is 4. The van der Waals surface area contributed by atoms with Crippen molar-refractivity contribution < 1.29 is 19.4 Å². The number of rotatable bonds is 3. The lowest BCUT2D eigenvalue weighted by Crippen LogP contribution is -2.48. The van der Waals surface area contributed by atoms with Gasteiger partial charge in [-0.3, -0.25) is 9.69 Å². The Kier molecular flexibility index (Phi) is 3.56. The summed E-state index contributed by atoms with van der Waals surface area (Å²) in [4.78, 5) is 12.9. The molecule has 2 aliphatic rings. The van der Waals surface area contributed by atoms with Crippen molar-refractivity contribution in [3.63, 3.8) is 0 Å². The average molecular weight is 215 g/mol. The highest BCUT2D eigenvalue weighted by molar-refractivity contribution is 5.67. The van der Waals surface area contributed by atoms with E-state index in [1.54, 1.807) is 0 Å². The predicted molar refractivity (Wildman–Crippen MR) is 52.8 cm³/mol. The molecule has 0 aromatic heterocycles. The minimum Gasteiger partial charge on any atom is -0.481 e. The Labute approximate surface area is 89.0 Å². The lowest BCUT2D eigenvalue weighted by molar-refractivity contribution is -0.142. The first-order chi connectivity index (χ1) is 7.25. The highest BCUT2D eigenvalue weighted by Gasteiger charge is 2.29. The summed E-state index contributed by atoms with van der Waals surface area (Å²) in [6, 6.07) is 0.463. The molecule has 0 aromatic rings. The largest absolute Gasteiger partial charge is 0.481 e. The summed E-state index contributed by atoms with van der Waals surface area (Å²) in [5.74, 6) is -0.787. The van der Waals surface area contributed by atoms with Crippen LogP contribution < -0.4 is 0 Å². The second-order valence-corrected chi connectivity index (χ2v) is 4.10. The standard InChI is InChI=1S/C10H17NO4/c12-10(13)5-9-6-11(2-4-15-9)8-1-3-14-7-8/h8-9H,1-7H2,(H,12,13). The van der Waals surface area contributed by atoms with Crippen molar-refractivity contribution in [1.82, 2.24) is 4.90 Å². The Balaban J connectivity index is 1.83. The summed E-state index contributed by atoms with van der Waals surface area (Å²) in [5, 5.41) is 8.69. The monoisotopic (exact) mass is 215 g/mol. The molecule has 0 aromatic carbocycles. The summed E-state index contributed by atoms with van der Waals surface area (Å²) in [5.41, 5.74) is 0. The van der Waals surface area contributed by atoms with Crippen molar-refractivity contribution in [2.24, 2.45) is 0 Å². The summed E-state index contributed by atoms with van der Waals surface area (Å²) in [7, 11) is 0. The predicted octanol–water partition coefficient (Wildman–Crippen LogP) is -0.0492. The molecule has 1 N–H and O–H groups in total. The molecule has 2 unspecified atom stereocenters. The van der Waals surface area contributed by atoms with E-state index in [9.17, 15) is 4.79 Å². The van der Waals surface area contributed by atoms with Gasteiger partial charge in [0.2, 0.25) is 0 Å². The maximum atomic E-state index is 10.6. The molecule has 0 aliphatic carbocycles. The van der Waals surface area contributed by atoms with E-state index in [0.29, 0.717) is 12.6 Å². The van der Waals surface area contributed by atoms with E-state index < -0.39 is 5.97 Å². The molecular weight excluding hydrogens is 198 g/mol. The normalized spacial score (nSPS) is 33.1. The molecular formula is C10H17NO4. The molecule has 0 amide bonds. The molecule has 0 radical (unpaired) electrons. The van der Waals surface area contributed by atoms with Crippen molar-refractivity contribution >= 4 is 5.97 Å². The lowest BCUT2D eigenvalue weighted by Gasteiger charge is -2.35. The highest BCUT2D eigenvalue weighted by atomic mass is 16.5. The Morgan fingerprint density at radius 1 is 1.47 bits per heavy atom. The number of carboxylic acid groups (broad SMARTS) is 1. The summed E-state index contributed by atoms with van der Waals surface area (Å²) in [6.45, 7) is 3.85. The second kappa shape index (κ2) is 4.92. The third-order valence-corrected chi connectivity index (χ3v) is 2.99. The number of carboxylic acids is 1. The van der Waals surface area contributed by atoms with E-state index in [1.807, 2.05) is 0 Å². The van der Waals surface area contributed by atoms with Crippen molar-refractivity contribution in [1.29, 1.82) is 0 Å². The van der Waals surface area contributed by atoms with Crippen LogP contribution in [0.4, 0.5) is 0 Å². The van der Waals surface area contributed by atoms with E-state index in [0.717, 1.165) is 32.7 Å². The Morgan fingerprint density at radius 3 is 3.00 bits per heavy atom. The Morgan fingerprint density at radius 2 is 2.33 bits per heavy atom. The van der Waals surface area contributed by atoms with E-state index in [1.165, 1.54) is 0 Å². The maximum Gasteiger partial charge on any atom is 0.306 e. The van der Waals surface area contributed by atoms with E-state index in [-0.39, 0.29) is 12.5 Å². The van der Waals surface area contributed by atoms with Crippen LogP contribution in [0.15, 0.2) is 0 Å². The van der Waals surface area contributed by atoms with Crippen LogP contribution in [0, 0.1) is 0 Å². The molecule has 0 saturated carbocycles. The first-order valence-electron chi connectivity index (χ1n) is 5.41. The fourth-order valence-electron chi connectivity index (χ4n) is 2.20. The molecule has 2 heterocycles. The van der Waals surface area contributed by atoms with E-state index in [2.05, 4.69) is 4.90 Å². The number of hydrogen-bond donors (Lipinski definition) is 1. The average Bonchev–Trinajstić information content (AvgIpc) is 2.69. The van der Waals surface area contributed by atoms with Crippen LogP contribution in [-0.2, 0) is 14.3 Å². The van der Waals surface area contributed by atoms with Gasteiger partial charge in [-0.15, -0.1) is 0 Å². The van der Waals surface area contributed by atoms with Gasteiger partial charge in [0.15, 0.2) is 0 Å². The number of morpholine rings is 1. The van der Waals surface area contributed by atoms with Crippen LogP contribution in [0.5, 0.6) is 0 Å². The molecule has 15 heavy (non-hydrogen) atoms. The van der Waals surface area contributed by atoms with Crippen LogP contribution >= 0.6 is 0 Å². The molecule has 2 saturated heterocycles. The fourth-order valence-corrected chi connectivity index (χ4v) is 2.20. The van der Waals surface area contributed by atoms with Gasteiger partial charge in [-0.1, -0.05) is 0 Å². The van der Waals surface area contributed by atoms with E-state index in [4.69, 9.17) is 14.6 Å². The lowest BCUT2D eigenvalue weighted by atomic mass is 10.1. The smallest absolute Gasteiger partial charge is 0.306 e. The molecule has 2 rings (SSSR count). The highest BCUT2D eigenvalue weighted by Crippen LogP contribution is 2.17. The third kappa shape index (κ3) is 2.90. The van der Waals surface area contributed by atoms with Crippen LogP contribution in [-0.4, -0.2) is 61.0 Å². The molecule has 2 aliphatic heterocycles. The van der Waals surface area contributed by atoms with Gasteiger partial charge in [0.25, 0.3) is 0 Å². The van der Waals surface area contributed by atoms with Crippen LogP contribution in [0.3, 0.4) is 0 Å². The fraction of sp³-hybridized carbons (Fsp3) is 0.900. The zero-order valence-electron chi connectivity index (χ0n) is 8.72. The van der Waals surface area contributed by atoms with Gasteiger partial charge < -0.3 is 14.6 Å². The van der Waals surface area contributed by atoms with Gasteiger partial charge in [0, 0.05) is 25.7 Å². The number of nitrogens with zero attached hydrogens (tertiary/aromatic N) is 1. The van der Waals surface area contributed by atoms with Gasteiger partial charge in [-0.2, -0.15) is 0 Å². The van der Waals surface area contributed by atoms with Crippen LogP contribution in [0.1, 0.15) is 12.8 Å². The summed E-state index contributed by atoms with van der Waals surface area (Å²) >= 11 is 0. The topological polar surface area (TPSA) is 59.0 Å². The molecule has 5 heteroatoms. The second-order valence-electron chi connectivity index (χ2n) is 4.10. The van der Waals surface area contributed by atoms with Crippen LogP contribution in [0.2, 0.25) is 0 Å².